The highest BCUT2D eigenvalue weighted by Crippen LogP contribution is 2.13. The highest BCUT2D eigenvalue weighted by atomic mass is 15.2. The fraction of sp³-hybridized carbons (Fsp3) is 0.900. The highest BCUT2D eigenvalue weighted by Gasteiger charge is 2.19. The van der Waals surface area contributed by atoms with Gasteiger partial charge < -0.3 is 9.80 Å². The molecule has 1 aliphatic rings. The lowest BCUT2D eigenvalue weighted by atomic mass is 10.0. The van der Waals surface area contributed by atoms with Gasteiger partial charge in [-0.3, -0.25) is 0 Å². The van der Waals surface area contributed by atoms with Gasteiger partial charge in [-0.1, -0.05) is 6.92 Å². The van der Waals surface area contributed by atoms with Crippen molar-refractivity contribution in [1.29, 1.82) is 0 Å². The zero-order chi connectivity index (χ0) is 8.97. The van der Waals surface area contributed by atoms with E-state index < -0.39 is 0 Å². The van der Waals surface area contributed by atoms with Crippen molar-refractivity contribution in [2.75, 3.05) is 33.7 Å². The van der Waals surface area contributed by atoms with Gasteiger partial charge in [0.25, 0.3) is 0 Å². The fourth-order valence-electron chi connectivity index (χ4n) is 1.88. The van der Waals surface area contributed by atoms with Crippen LogP contribution in [-0.4, -0.2) is 49.6 Å². The summed E-state index contributed by atoms with van der Waals surface area (Å²) in [5.74, 6) is 0. The SMILES string of the molecule is [CH2]CCN1CCC(N(C)C)CC1. The summed E-state index contributed by atoms with van der Waals surface area (Å²) in [6.07, 6.45) is 3.70. The summed E-state index contributed by atoms with van der Waals surface area (Å²) in [4.78, 5) is 4.87. The van der Waals surface area contributed by atoms with Crippen LogP contribution in [0.25, 0.3) is 0 Å². The number of hydrogen-bond acceptors (Lipinski definition) is 2. The fourth-order valence-corrected chi connectivity index (χ4v) is 1.88. The molecule has 71 valence electrons. The van der Waals surface area contributed by atoms with Gasteiger partial charge in [-0.2, -0.15) is 0 Å². The first kappa shape index (κ1) is 10.0. The Bertz CT molecular complexity index is 115. The molecule has 1 aliphatic heterocycles. The van der Waals surface area contributed by atoms with E-state index in [0.29, 0.717) is 0 Å². The summed E-state index contributed by atoms with van der Waals surface area (Å²) in [6.45, 7) is 7.59. The zero-order valence-corrected chi connectivity index (χ0v) is 8.42. The molecule has 0 aromatic carbocycles. The molecular formula is C10H21N2. The van der Waals surface area contributed by atoms with E-state index in [1.54, 1.807) is 0 Å². The maximum absolute atomic E-state index is 3.88. The second kappa shape index (κ2) is 4.83. The van der Waals surface area contributed by atoms with Gasteiger partial charge in [-0.15, -0.1) is 0 Å². The van der Waals surface area contributed by atoms with Gasteiger partial charge >= 0.3 is 0 Å². The van der Waals surface area contributed by atoms with Crippen molar-refractivity contribution in [3.05, 3.63) is 6.92 Å². The van der Waals surface area contributed by atoms with E-state index in [4.69, 9.17) is 0 Å². The van der Waals surface area contributed by atoms with Crippen molar-refractivity contribution in [3.8, 4) is 0 Å². The van der Waals surface area contributed by atoms with Gasteiger partial charge in [0.15, 0.2) is 0 Å². The van der Waals surface area contributed by atoms with Gasteiger partial charge in [0, 0.05) is 6.04 Å². The van der Waals surface area contributed by atoms with Gasteiger partial charge in [-0.25, -0.2) is 0 Å². The van der Waals surface area contributed by atoms with Gasteiger partial charge in [0.2, 0.25) is 0 Å². The lowest BCUT2D eigenvalue weighted by molar-refractivity contribution is 0.146. The Balaban J connectivity index is 2.20. The quantitative estimate of drug-likeness (QED) is 0.627. The Morgan fingerprint density at radius 2 is 1.92 bits per heavy atom. The molecule has 1 rings (SSSR count). The van der Waals surface area contributed by atoms with Crippen LogP contribution in [0.1, 0.15) is 19.3 Å². The van der Waals surface area contributed by atoms with Gasteiger partial charge in [-0.05, 0) is 53.0 Å². The summed E-state index contributed by atoms with van der Waals surface area (Å²) in [7, 11) is 4.36. The summed E-state index contributed by atoms with van der Waals surface area (Å²) in [6, 6.07) is 0.811. The molecule has 2 nitrogen and oxygen atoms in total. The minimum Gasteiger partial charge on any atom is -0.306 e. The minimum absolute atomic E-state index is 0.811. The molecule has 0 spiro atoms. The number of nitrogens with zero attached hydrogens (tertiary/aromatic N) is 2. The van der Waals surface area contributed by atoms with Crippen molar-refractivity contribution in [2.24, 2.45) is 0 Å². The first-order chi connectivity index (χ1) is 5.74. The third kappa shape index (κ3) is 2.76. The van der Waals surface area contributed by atoms with E-state index in [1.807, 2.05) is 0 Å². The summed E-state index contributed by atoms with van der Waals surface area (Å²) >= 11 is 0. The van der Waals surface area contributed by atoms with E-state index in [1.165, 1.54) is 32.5 Å². The molecule has 0 N–H and O–H groups in total. The predicted octanol–water partition coefficient (Wildman–Crippen LogP) is 1.24. The van der Waals surface area contributed by atoms with Crippen molar-refractivity contribution >= 4 is 0 Å². The number of hydrogen-bond donors (Lipinski definition) is 0. The minimum atomic E-state index is 0.811. The summed E-state index contributed by atoms with van der Waals surface area (Å²) in [5, 5.41) is 0. The smallest absolute Gasteiger partial charge is 0.0113 e. The lowest BCUT2D eigenvalue weighted by Gasteiger charge is -2.34. The Morgan fingerprint density at radius 1 is 1.33 bits per heavy atom. The standard InChI is InChI=1S/C10H21N2/c1-4-7-12-8-5-10(6-9-12)11(2)3/h10H,1,4-9H2,2-3H3. The number of likely N-dealkylation sites (tertiary alicyclic amines) is 1. The molecule has 1 radical (unpaired) electrons. The average Bonchev–Trinajstić information content (AvgIpc) is 2.06. The second-order valence-corrected chi connectivity index (χ2v) is 3.89. The molecule has 0 aromatic rings. The monoisotopic (exact) mass is 169 g/mol. The van der Waals surface area contributed by atoms with Crippen LogP contribution >= 0.6 is 0 Å². The molecule has 0 aromatic heterocycles. The van der Waals surface area contributed by atoms with Crippen LogP contribution in [0.5, 0.6) is 0 Å². The van der Waals surface area contributed by atoms with E-state index in [2.05, 4.69) is 30.8 Å². The van der Waals surface area contributed by atoms with Gasteiger partial charge in [0.1, 0.15) is 0 Å². The molecular weight excluding hydrogens is 148 g/mol. The molecule has 0 bridgehead atoms. The molecule has 0 aliphatic carbocycles. The van der Waals surface area contributed by atoms with Crippen LogP contribution in [-0.2, 0) is 0 Å². The van der Waals surface area contributed by atoms with Crippen LogP contribution in [0, 0.1) is 6.92 Å². The van der Waals surface area contributed by atoms with Crippen molar-refractivity contribution in [2.45, 2.75) is 25.3 Å². The zero-order valence-electron chi connectivity index (χ0n) is 8.42. The Labute approximate surface area is 76.5 Å². The highest BCUT2D eigenvalue weighted by molar-refractivity contribution is 4.76. The molecule has 0 saturated carbocycles. The first-order valence-electron chi connectivity index (χ1n) is 4.92. The van der Waals surface area contributed by atoms with Crippen molar-refractivity contribution < 1.29 is 0 Å². The molecule has 1 heterocycles. The van der Waals surface area contributed by atoms with Gasteiger partial charge in [0.05, 0.1) is 0 Å². The number of rotatable bonds is 3. The maximum atomic E-state index is 3.88. The van der Waals surface area contributed by atoms with Crippen molar-refractivity contribution in [3.63, 3.8) is 0 Å². The lowest BCUT2D eigenvalue weighted by Crippen LogP contribution is -2.42. The van der Waals surface area contributed by atoms with E-state index in [-0.39, 0.29) is 0 Å². The molecule has 0 atom stereocenters. The Morgan fingerprint density at radius 3 is 2.33 bits per heavy atom. The molecule has 0 unspecified atom stereocenters. The van der Waals surface area contributed by atoms with Crippen LogP contribution in [0.3, 0.4) is 0 Å². The average molecular weight is 169 g/mol. The first-order valence-corrected chi connectivity index (χ1v) is 4.92. The Kier molecular flexibility index (Phi) is 4.02. The predicted molar refractivity (Wildman–Crippen MR) is 53.1 cm³/mol. The third-order valence-electron chi connectivity index (χ3n) is 2.76. The van der Waals surface area contributed by atoms with Crippen LogP contribution in [0.15, 0.2) is 0 Å². The van der Waals surface area contributed by atoms with Crippen LogP contribution in [0.4, 0.5) is 0 Å². The summed E-state index contributed by atoms with van der Waals surface area (Å²) < 4.78 is 0. The molecule has 1 fully saturated rings. The molecule has 2 heteroatoms. The molecule has 0 amide bonds. The van der Waals surface area contributed by atoms with Crippen LogP contribution < -0.4 is 0 Å². The van der Waals surface area contributed by atoms with E-state index in [0.717, 1.165) is 12.5 Å². The normalized spacial score (nSPS) is 22.0. The third-order valence-corrected chi connectivity index (χ3v) is 2.76. The summed E-state index contributed by atoms with van der Waals surface area (Å²) in [5.41, 5.74) is 0. The largest absolute Gasteiger partial charge is 0.306 e. The topological polar surface area (TPSA) is 6.48 Å². The van der Waals surface area contributed by atoms with E-state index in [9.17, 15) is 0 Å². The molecule has 1 saturated heterocycles. The van der Waals surface area contributed by atoms with Crippen molar-refractivity contribution in [1.82, 2.24) is 9.80 Å². The van der Waals surface area contributed by atoms with E-state index >= 15 is 0 Å². The Hall–Kier alpha value is -0.0800. The second-order valence-electron chi connectivity index (χ2n) is 3.89. The molecule has 12 heavy (non-hydrogen) atoms. The maximum Gasteiger partial charge on any atom is 0.0113 e. The number of piperidine rings is 1. The van der Waals surface area contributed by atoms with Crippen LogP contribution in [0.2, 0.25) is 0 Å².